The van der Waals surface area contributed by atoms with E-state index in [0.717, 1.165) is 45.6 Å². The molecular weight excluding hydrogens is 342 g/mol. The molecule has 1 fully saturated rings. The Balaban J connectivity index is 1.90. The van der Waals surface area contributed by atoms with Crippen LogP contribution in [-0.4, -0.2) is 72.3 Å². The Labute approximate surface area is 163 Å². The molecule has 0 aliphatic carbocycles. The van der Waals surface area contributed by atoms with E-state index in [9.17, 15) is 9.59 Å². The molecule has 1 aliphatic rings. The highest BCUT2D eigenvalue weighted by atomic mass is 16.3. The predicted molar refractivity (Wildman–Crippen MR) is 107 cm³/mol. The third kappa shape index (κ3) is 6.09. The van der Waals surface area contributed by atoms with Gasteiger partial charge in [-0.2, -0.15) is 0 Å². The van der Waals surface area contributed by atoms with Crippen LogP contribution in [-0.2, 0) is 4.79 Å². The largest absolute Gasteiger partial charge is 0.459 e. The number of carbonyl (C=O) groups is 2. The standard InChI is InChI=1S/C21H35N3O3/c1-5-22(6-2)13-14-24(16-17(3)4)20(25)18-9-11-23(12-10-18)21(26)19-8-7-15-27-19/h7-8,15,17-18H,5-6,9-14,16H2,1-4H3. The van der Waals surface area contributed by atoms with Crippen molar-refractivity contribution in [3.8, 4) is 0 Å². The minimum atomic E-state index is -0.0773. The van der Waals surface area contributed by atoms with Crippen molar-refractivity contribution in [1.29, 1.82) is 0 Å². The summed E-state index contributed by atoms with van der Waals surface area (Å²) in [6.45, 7) is 14.4. The number of hydrogen-bond acceptors (Lipinski definition) is 4. The van der Waals surface area contributed by atoms with Crippen molar-refractivity contribution in [2.75, 3.05) is 45.8 Å². The number of nitrogens with zero attached hydrogens (tertiary/aromatic N) is 3. The van der Waals surface area contributed by atoms with Gasteiger partial charge in [-0.25, -0.2) is 0 Å². The van der Waals surface area contributed by atoms with Crippen molar-refractivity contribution in [1.82, 2.24) is 14.7 Å². The molecule has 0 radical (unpaired) electrons. The summed E-state index contributed by atoms with van der Waals surface area (Å²) in [6.07, 6.45) is 2.97. The van der Waals surface area contributed by atoms with Gasteiger partial charge < -0.3 is 19.1 Å². The van der Waals surface area contributed by atoms with Crippen molar-refractivity contribution >= 4 is 11.8 Å². The molecule has 1 saturated heterocycles. The molecule has 152 valence electrons. The van der Waals surface area contributed by atoms with Gasteiger partial charge in [-0.15, -0.1) is 0 Å². The number of piperidine rings is 1. The fourth-order valence-corrected chi connectivity index (χ4v) is 3.68. The second-order valence-electron chi connectivity index (χ2n) is 7.75. The molecule has 27 heavy (non-hydrogen) atoms. The number of likely N-dealkylation sites (N-methyl/N-ethyl adjacent to an activating group) is 1. The number of carbonyl (C=O) groups excluding carboxylic acids is 2. The van der Waals surface area contributed by atoms with E-state index < -0.39 is 0 Å². The van der Waals surface area contributed by atoms with E-state index in [-0.39, 0.29) is 17.7 Å². The van der Waals surface area contributed by atoms with Gasteiger partial charge in [-0.05, 0) is 44.0 Å². The third-order valence-corrected chi connectivity index (χ3v) is 5.34. The number of furan rings is 1. The highest BCUT2D eigenvalue weighted by molar-refractivity contribution is 5.91. The molecule has 0 atom stereocenters. The minimum Gasteiger partial charge on any atom is -0.459 e. The molecule has 6 nitrogen and oxygen atoms in total. The third-order valence-electron chi connectivity index (χ3n) is 5.34. The molecule has 0 aromatic carbocycles. The summed E-state index contributed by atoms with van der Waals surface area (Å²) in [7, 11) is 0. The van der Waals surface area contributed by atoms with Crippen LogP contribution in [0.4, 0.5) is 0 Å². The normalized spacial score (nSPS) is 15.6. The zero-order chi connectivity index (χ0) is 19.8. The van der Waals surface area contributed by atoms with Crippen LogP contribution in [0.15, 0.2) is 22.8 Å². The quantitative estimate of drug-likeness (QED) is 0.664. The summed E-state index contributed by atoms with van der Waals surface area (Å²) in [4.78, 5) is 31.7. The van der Waals surface area contributed by atoms with Crippen molar-refractivity contribution in [3.63, 3.8) is 0 Å². The van der Waals surface area contributed by atoms with E-state index in [2.05, 4.69) is 32.6 Å². The Morgan fingerprint density at radius 2 is 1.85 bits per heavy atom. The number of hydrogen-bond donors (Lipinski definition) is 0. The first-order valence-electron chi connectivity index (χ1n) is 10.3. The van der Waals surface area contributed by atoms with E-state index in [1.54, 1.807) is 17.0 Å². The van der Waals surface area contributed by atoms with Crippen LogP contribution in [0.5, 0.6) is 0 Å². The van der Waals surface area contributed by atoms with Crippen LogP contribution in [0.1, 0.15) is 51.1 Å². The van der Waals surface area contributed by atoms with E-state index in [1.165, 1.54) is 6.26 Å². The van der Waals surface area contributed by atoms with Gasteiger partial charge in [0.15, 0.2) is 5.76 Å². The van der Waals surface area contributed by atoms with Crippen LogP contribution < -0.4 is 0 Å². The van der Waals surface area contributed by atoms with Crippen LogP contribution in [0.2, 0.25) is 0 Å². The fourth-order valence-electron chi connectivity index (χ4n) is 3.68. The maximum absolute atomic E-state index is 13.1. The van der Waals surface area contributed by atoms with E-state index in [0.29, 0.717) is 24.8 Å². The van der Waals surface area contributed by atoms with Gasteiger partial charge in [0, 0.05) is 38.6 Å². The first kappa shape index (κ1) is 21.5. The van der Waals surface area contributed by atoms with Crippen molar-refractivity contribution in [3.05, 3.63) is 24.2 Å². The maximum Gasteiger partial charge on any atom is 0.289 e. The van der Waals surface area contributed by atoms with Gasteiger partial charge in [-0.3, -0.25) is 9.59 Å². The molecule has 2 amide bonds. The van der Waals surface area contributed by atoms with Gasteiger partial charge >= 0.3 is 0 Å². The molecule has 2 heterocycles. The number of amides is 2. The highest BCUT2D eigenvalue weighted by Gasteiger charge is 2.31. The van der Waals surface area contributed by atoms with Gasteiger partial charge in [0.2, 0.25) is 5.91 Å². The van der Waals surface area contributed by atoms with Crippen LogP contribution in [0.3, 0.4) is 0 Å². The van der Waals surface area contributed by atoms with Gasteiger partial charge in [0.25, 0.3) is 5.91 Å². The molecule has 6 heteroatoms. The fraction of sp³-hybridized carbons (Fsp3) is 0.714. The molecule has 0 bridgehead atoms. The van der Waals surface area contributed by atoms with Crippen molar-refractivity contribution in [2.24, 2.45) is 11.8 Å². The monoisotopic (exact) mass is 377 g/mol. The Hall–Kier alpha value is -1.82. The lowest BCUT2D eigenvalue weighted by Gasteiger charge is -2.35. The number of rotatable bonds is 9. The average molecular weight is 378 g/mol. The van der Waals surface area contributed by atoms with Gasteiger partial charge in [0.05, 0.1) is 6.26 Å². The van der Waals surface area contributed by atoms with E-state index in [1.807, 2.05) is 4.90 Å². The van der Waals surface area contributed by atoms with Crippen molar-refractivity contribution < 1.29 is 14.0 Å². The lowest BCUT2D eigenvalue weighted by molar-refractivity contribution is -0.137. The summed E-state index contributed by atoms with van der Waals surface area (Å²) >= 11 is 0. The summed E-state index contributed by atoms with van der Waals surface area (Å²) in [5.41, 5.74) is 0. The predicted octanol–water partition coefficient (Wildman–Crippen LogP) is 2.96. The lowest BCUT2D eigenvalue weighted by Crippen LogP contribution is -2.47. The van der Waals surface area contributed by atoms with Crippen LogP contribution in [0, 0.1) is 11.8 Å². The zero-order valence-electron chi connectivity index (χ0n) is 17.3. The molecular formula is C21H35N3O3. The molecule has 1 aromatic heterocycles. The Morgan fingerprint density at radius 1 is 1.19 bits per heavy atom. The Kier molecular flexibility index (Phi) is 8.35. The lowest BCUT2D eigenvalue weighted by atomic mass is 9.94. The Bertz CT molecular complexity index is 574. The SMILES string of the molecule is CCN(CC)CCN(CC(C)C)C(=O)C1CCN(C(=O)c2ccco2)CC1. The molecule has 2 rings (SSSR count). The zero-order valence-corrected chi connectivity index (χ0v) is 17.3. The topological polar surface area (TPSA) is 57.0 Å². The summed E-state index contributed by atoms with van der Waals surface area (Å²) < 4.78 is 5.21. The maximum atomic E-state index is 13.1. The molecule has 1 aromatic rings. The van der Waals surface area contributed by atoms with Crippen molar-refractivity contribution in [2.45, 2.75) is 40.5 Å². The van der Waals surface area contributed by atoms with Gasteiger partial charge in [-0.1, -0.05) is 27.7 Å². The molecule has 0 spiro atoms. The summed E-state index contributed by atoms with van der Waals surface area (Å²) in [5.74, 6) is 1.01. The van der Waals surface area contributed by atoms with E-state index >= 15 is 0 Å². The first-order chi connectivity index (χ1) is 13.0. The molecule has 0 saturated carbocycles. The first-order valence-corrected chi connectivity index (χ1v) is 10.3. The second-order valence-corrected chi connectivity index (χ2v) is 7.75. The molecule has 1 aliphatic heterocycles. The van der Waals surface area contributed by atoms with Gasteiger partial charge in [0.1, 0.15) is 0 Å². The minimum absolute atomic E-state index is 0.0149. The smallest absolute Gasteiger partial charge is 0.289 e. The second kappa shape index (κ2) is 10.5. The van der Waals surface area contributed by atoms with E-state index in [4.69, 9.17) is 4.42 Å². The number of likely N-dealkylation sites (tertiary alicyclic amines) is 1. The summed E-state index contributed by atoms with van der Waals surface area (Å²) in [6, 6.07) is 3.42. The highest BCUT2D eigenvalue weighted by Crippen LogP contribution is 2.22. The average Bonchev–Trinajstić information content (AvgIpc) is 3.21. The molecule has 0 unspecified atom stereocenters. The summed E-state index contributed by atoms with van der Waals surface area (Å²) in [5, 5.41) is 0. The van der Waals surface area contributed by atoms with Crippen LogP contribution in [0.25, 0.3) is 0 Å². The Morgan fingerprint density at radius 3 is 2.37 bits per heavy atom. The van der Waals surface area contributed by atoms with Crippen LogP contribution >= 0.6 is 0 Å². The molecule has 0 N–H and O–H groups in total.